The molecule has 0 bridgehead atoms. The van der Waals surface area contributed by atoms with E-state index in [2.05, 4.69) is 12.4 Å². The number of hydrogen-bond donors (Lipinski definition) is 2. The number of rotatable bonds is 5. The van der Waals surface area contributed by atoms with Crippen LogP contribution in [0.15, 0.2) is 4.79 Å². The van der Waals surface area contributed by atoms with Crippen LogP contribution < -0.4 is 16.6 Å². The van der Waals surface area contributed by atoms with E-state index in [1.807, 2.05) is 4.68 Å². The van der Waals surface area contributed by atoms with E-state index >= 15 is 0 Å². The standard InChI is InChI=1S/C14H25N5O/c1-19(9-2-3-10-19)11-4-6-16-13-12(15)14(20)18-8-5-7-17(13)18/h2-11,15H2,1H3/p+1. The van der Waals surface area contributed by atoms with Crippen LogP contribution in [0.4, 0.5) is 11.5 Å². The van der Waals surface area contributed by atoms with Gasteiger partial charge in [0.25, 0.3) is 5.56 Å². The fourth-order valence-corrected chi connectivity index (χ4v) is 3.61. The van der Waals surface area contributed by atoms with E-state index in [1.54, 1.807) is 4.68 Å². The van der Waals surface area contributed by atoms with Gasteiger partial charge in [-0.05, 0) is 6.42 Å². The molecule has 1 aromatic rings. The van der Waals surface area contributed by atoms with E-state index in [0.717, 1.165) is 38.3 Å². The molecule has 0 radical (unpaired) electrons. The third-order valence-corrected chi connectivity index (χ3v) is 4.82. The molecular formula is C14H26N5O+. The van der Waals surface area contributed by atoms with Crippen LogP contribution in [0, 0.1) is 0 Å². The zero-order valence-corrected chi connectivity index (χ0v) is 12.4. The lowest BCUT2D eigenvalue weighted by Crippen LogP contribution is -2.42. The van der Waals surface area contributed by atoms with Crippen LogP contribution in [0.25, 0.3) is 0 Å². The van der Waals surface area contributed by atoms with E-state index in [1.165, 1.54) is 37.0 Å². The highest BCUT2D eigenvalue weighted by Gasteiger charge is 2.26. The van der Waals surface area contributed by atoms with Gasteiger partial charge in [0.1, 0.15) is 11.5 Å². The normalized spacial score (nSPS) is 20.2. The molecule has 20 heavy (non-hydrogen) atoms. The number of nitrogens with zero attached hydrogens (tertiary/aromatic N) is 3. The lowest BCUT2D eigenvalue weighted by Gasteiger charge is -2.29. The molecule has 2 aliphatic heterocycles. The van der Waals surface area contributed by atoms with Gasteiger partial charge >= 0.3 is 0 Å². The molecule has 112 valence electrons. The van der Waals surface area contributed by atoms with Gasteiger partial charge in [0.2, 0.25) is 0 Å². The molecule has 1 fully saturated rings. The number of aromatic nitrogens is 2. The minimum Gasteiger partial charge on any atom is -0.391 e. The summed E-state index contributed by atoms with van der Waals surface area (Å²) in [4.78, 5) is 11.9. The van der Waals surface area contributed by atoms with E-state index in [-0.39, 0.29) is 5.56 Å². The Kier molecular flexibility index (Phi) is 3.50. The molecule has 6 heteroatoms. The van der Waals surface area contributed by atoms with Crippen molar-refractivity contribution in [2.45, 2.75) is 38.8 Å². The number of likely N-dealkylation sites (tertiary alicyclic amines) is 1. The second kappa shape index (κ2) is 5.16. The molecule has 3 heterocycles. The summed E-state index contributed by atoms with van der Waals surface area (Å²) in [6, 6.07) is 0. The fourth-order valence-electron chi connectivity index (χ4n) is 3.61. The molecule has 0 aromatic carbocycles. The highest BCUT2D eigenvalue weighted by molar-refractivity contribution is 5.61. The highest BCUT2D eigenvalue weighted by Crippen LogP contribution is 2.21. The molecule has 6 nitrogen and oxygen atoms in total. The van der Waals surface area contributed by atoms with E-state index in [9.17, 15) is 4.79 Å². The van der Waals surface area contributed by atoms with Crippen molar-refractivity contribution in [3.05, 3.63) is 10.4 Å². The minimum atomic E-state index is -0.0384. The Morgan fingerprint density at radius 1 is 1.20 bits per heavy atom. The Morgan fingerprint density at radius 2 is 1.90 bits per heavy atom. The number of fused-ring (bicyclic) bond motifs is 1. The molecule has 0 saturated carbocycles. The van der Waals surface area contributed by atoms with E-state index < -0.39 is 0 Å². The van der Waals surface area contributed by atoms with Gasteiger partial charge in [-0.25, -0.2) is 4.68 Å². The Balaban J connectivity index is 1.57. The van der Waals surface area contributed by atoms with Crippen LogP contribution in [0.5, 0.6) is 0 Å². The summed E-state index contributed by atoms with van der Waals surface area (Å²) < 4.78 is 4.96. The fraction of sp³-hybridized carbons (Fsp3) is 0.786. The predicted molar refractivity (Wildman–Crippen MR) is 80.8 cm³/mol. The van der Waals surface area contributed by atoms with Crippen LogP contribution >= 0.6 is 0 Å². The molecular weight excluding hydrogens is 254 g/mol. The Labute approximate surface area is 119 Å². The van der Waals surface area contributed by atoms with Gasteiger partial charge in [-0.15, -0.1) is 0 Å². The number of nitrogens with one attached hydrogen (secondary N) is 1. The van der Waals surface area contributed by atoms with Crippen molar-refractivity contribution in [1.82, 2.24) is 9.36 Å². The number of nitrogens with two attached hydrogens (primary N) is 1. The van der Waals surface area contributed by atoms with Crippen LogP contribution in [0.1, 0.15) is 25.7 Å². The smallest absolute Gasteiger partial charge is 0.292 e. The molecule has 1 saturated heterocycles. The molecule has 3 rings (SSSR count). The lowest BCUT2D eigenvalue weighted by atomic mass is 10.3. The second-order valence-corrected chi connectivity index (χ2v) is 6.45. The van der Waals surface area contributed by atoms with Crippen molar-refractivity contribution in [3.63, 3.8) is 0 Å². The Morgan fingerprint density at radius 3 is 2.65 bits per heavy atom. The van der Waals surface area contributed by atoms with Crippen molar-refractivity contribution in [3.8, 4) is 0 Å². The molecule has 0 aliphatic carbocycles. The molecule has 0 unspecified atom stereocenters. The summed E-state index contributed by atoms with van der Waals surface area (Å²) in [6.07, 6.45) is 4.87. The number of anilines is 2. The zero-order valence-electron chi connectivity index (χ0n) is 12.4. The van der Waals surface area contributed by atoms with E-state index in [4.69, 9.17) is 5.73 Å². The van der Waals surface area contributed by atoms with Gasteiger partial charge in [-0.3, -0.25) is 9.48 Å². The van der Waals surface area contributed by atoms with Gasteiger partial charge < -0.3 is 15.5 Å². The first-order valence-corrected chi connectivity index (χ1v) is 7.77. The highest BCUT2D eigenvalue weighted by atomic mass is 16.1. The summed E-state index contributed by atoms with van der Waals surface area (Å²) in [5.41, 5.74) is 6.27. The van der Waals surface area contributed by atoms with Crippen molar-refractivity contribution >= 4 is 11.5 Å². The summed E-state index contributed by atoms with van der Waals surface area (Å²) in [7, 11) is 2.35. The number of quaternary nitrogens is 1. The molecule has 1 aromatic heterocycles. The van der Waals surface area contributed by atoms with Crippen molar-refractivity contribution in [1.29, 1.82) is 0 Å². The number of nitrogen functional groups attached to an aromatic ring is 1. The maximum absolute atomic E-state index is 11.9. The second-order valence-electron chi connectivity index (χ2n) is 6.45. The molecule has 3 N–H and O–H groups in total. The summed E-state index contributed by atoms with van der Waals surface area (Å²) in [6.45, 7) is 6.40. The summed E-state index contributed by atoms with van der Waals surface area (Å²) in [5.74, 6) is 0.830. The van der Waals surface area contributed by atoms with Crippen LogP contribution in [-0.4, -0.2) is 47.1 Å². The first-order valence-electron chi connectivity index (χ1n) is 7.77. The maximum Gasteiger partial charge on any atom is 0.292 e. The zero-order chi connectivity index (χ0) is 14.2. The van der Waals surface area contributed by atoms with Gasteiger partial charge in [0, 0.05) is 38.9 Å². The van der Waals surface area contributed by atoms with Gasteiger partial charge in [0.15, 0.2) is 0 Å². The lowest BCUT2D eigenvalue weighted by molar-refractivity contribution is -0.897. The van der Waals surface area contributed by atoms with Crippen molar-refractivity contribution < 1.29 is 4.48 Å². The van der Waals surface area contributed by atoms with Gasteiger partial charge in [-0.2, -0.15) is 0 Å². The maximum atomic E-state index is 11.9. The molecule has 0 atom stereocenters. The first kappa shape index (κ1) is 13.5. The monoisotopic (exact) mass is 280 g/mol. The molecule has 2 aliphatic rings. The number of hydrogen-bond acceptors (Lipinski definition) is 3. The van der Waals surface area contributed by atoms with Crippen LogP contribution in [0.3, 0.4) is 0 Å². The minimum absolute atomic E-state index is 0.0384. The summed E-state index contributed by atoms with van der Waals surface area (Å²) in [5, 5.41) is 3.38. The third-order valence-electron chi connectivity index (χ3n) is 4.82. The SMILES string of the molecule is C[N+]1(CCCNc2c(N)c(=O)n3n2CCC3)CCCC1. The van der Waals surface area contributed by atoms with Gasteiger partial charge in [0.05, 0.1) is 26.7 Å². The van der Waals surface area contributed by atoms with Crippen molar-refractivity contribution in [2.24, 2.45) is 0 Å². The van der Waals surface area contributed by atoms with Crippen molar-refractivity contribution in [2.75, 3.05) is 44.3 Å². The third kappa shape index (κ3) is 2.32. The predicted octanol–water partition coefficient (Wildman–Crippen LogP) is 0.678. The molecule has 0 amide bonds. The van der Waals surface area contributed by atoms with Gasteiger partial charge in [-0.1, -0.05) is 0 Å². The first-order chi connectivity index (χ1) is 9.61. The van der Waals surface area contributed by atoms with Crippen LogP contribution in [-0.2, 0) is 13.1 Å². The average Bonchev–Trinajstić information content (AvgIpc) is 3.10. The Bertz CT molecular complexity index is 538. The van der Waals surface area contributed by atoms with Crippen LogP contribution in [0.2, 0.25) is 0 Å². The Hall–Kier alpha value is -1.43. The quantitative estimate of drug-likeness (QED) is 0.616. The average molecular weight is 280 g/mol. The van der Waals surface area contributed by atoms with E-state index in [0.29, 0.717) is 5.69 Å². The summed E-state index contributed by atoms with van der Waals surface area (Å²) >= 11 is 0. The molecule has 0 spiro atoms. The largest absolute Gasteiger partial charge is 0.391 e. The topological polar surface area (TPSA) is 65.0 Å².